The van der Waals surface area contributed by atoms with Crippen LogP contribution in [0.5, 0.6) is 0 Å². The molecule has 24 heavy (non-hydrogen) atoms. The summed E-state index contributed by atoms with van der Waals surface area (Å²) < 4.78 is 0. The van der Waals surface area contributed by atoms with Crippen LogP contribution in [0.25, 0.3) is 11.4 Å². The predicted octanol–water partition coefficient (Wildman–Crippen LogP) is 1.93. The molecule has 2 aromatic rings. The number of benzene rings is 1. The Balaban J connectivity index is 1.56. The van der Waals surface area contributed by atoms with Crippen LogP contribution in [-0.2, 0) is 4.79 Å². The summed E-state index contributed by atoms with van der Waals surface area (Å²) in [7, 11) is 0. The summed E-state index contributed by atoms with van der Waals surface area (Å²) in [6, 6.07) is 10.7. The van der Waals surface area contributed by atoms with Crippen LogP contribution in [0.1, 0.15) is 37.9 Å². The molecule has 6 heteroatoms. The summed E-state index contributed by atoms with van der Waals surface area (Å²) in [6.07, 6.45) is 3.85. The fourth-order valence-corrected chi connectivity index (χ4v) is 3.73. The first kappa shape index (κ1) is 15.3. The van der Waals surface area contributed by atoms with Gasteiger partial charge in [-0.25, -0.2) is 4.98 Å². The maximum absolute atomic E-state index is 11.6. The molecule has 6 nitrogen and oxygen atoms in total. The van der Waals surface area contributed by atoms with E-state index in [4.69, 9.17) is 4.98 Å². The Morgan fingerprint density at radius 2 is 2.04 bits per heavy atom. The minimum atomic E-state index is 0.0169. The van der Waals surface area contributed by atoms with Crippen molar-refractivity contribution in [3.8, 4) is 11.4 Å². The Hall–Kier alpha value is -2.21. The van der Waals surface area contributed by atoms with Crippen molar-refractivity contribution in [2.75, 3.05) is 13.1 Å². The summed E-state index contributed by atoms with van der Waals surface area (Å²) in [5.74, 6) is 1.77. The zero-order valence-electron chi connectivity index (χ0n) is 13.9. The first-order valence-electron chi connectivity index (χ1n) is 8.69. The second-order valence-corrected chi connectivity index (χ2v) is 6.86. The maximum atomic E-state index is 11.6. The van der Waals surface area contributed by atoms with Crippen LogP contribution in [-0.4, -0.2) is 51.2 Å². The lowest BCUT2D eigenvalue weighted by molar-refractivity contribution is -0.119. The van der Waals surface area contributed by atoms with Crippen molar-refractivity contribution in [2.45, 2.75) is 44.2 Å². The molecule has 4 rings (SSSR count). The van der Waals surface area contributed by atoms with E-state index in [0.29, 0.717) is 11.9 Å². The molecule has 1 aliphatic carbocycles. The molecule has 0 unspecified atom stereocenters. The van der Waals surface area contributed by atoms with Crippen molar-refractivity contribution >= 4 is 5.91 Å². The zero-order valence-corrected chi connectivity index (χ0v) is 13.9. The molecule has 2 N–H and O–H groups in total. The number of rotatable bonds is 4. The van der Waals surface area contributed by atoms with Gasteiger partial charge < -0.3 is 5.32 Å². The van der Waals surface area contributed by atoms with Gasteiger partial charge in [0.1, 0.15) is 5.82 Å². The number of aromatic amines is 1. The van der Waals surface area contributed by atoms with Crippen LogP contribution < -0.4 is 5.32 Å². The Bertz CT molecular complexity index is 709. The van der Waals surface area contributed by atoms with E-state index in [-0.39, 0.29) is 17.9 Å². The minimum Gasteiger partial charge on any atom is -0.352 e. The summed E-state index contributed by atoms with van der Waals surface area (Å²) in [5.41, 5.74) is 1.00. The van der Waals surface area contributed by atoms with Gasteiger partial charge in [0.25, 0.3) is 0 Å². The number of nitrogens with one attached hydrogen (secondary N) is 2. The predicted molar refractivity (Wildman–Crippen MR) is 91.4 cm³/mol. The lowest BCUT2D eigenvalue weighted by Crippen LogP contribution is -2.42. The molecular formula is C18H23N5O. The molecule has 1 aliphatic heterocycles. The molecule has 0 spiro atoms. The molecule has 1 saturated carbocycles. The van der Waals surface area contributed by atoms with E-state index in [2.05, 4.69) is 20.4 Å². The quantitative estimate of drug-likeness (QED) is 0.901. The van der Waals surface area contributed by atoms with Crippen molar-refractivity contribution in [2.24, 2.45) is 0 Å². The van der Waals surface area contributed by atoms with E-state index in [1.54, 1.807) is 6.92 Å². The third-order valence-electron chi connectivity index (χ3n) is 5.21. The van der Waals surface area contributed by atoms with Gasteiger partial charge in [0.15, 0.2) is 5.82 Å². The normalized spacial score (nSPS) is 24.7. The fourth-order valence-electron chi connectivity index (χ4n) is 3.73. The summed E-state index contributed by atoms with van der Waals surface area (Å²) >= 11 is 0. The van der Waals surface area contributed by atoms with Crippen LogP contribution in [0.4, 0.5) is 0 Å². The fraction of sp³-hybridized carbons (Fsp3) is 0.500. The average molecular weight is 325 g/mol. The van der Waals surface area contributed by atoms with Gasteiger partial charge in [-0.15, -0.1) is 0 Å². The molecule has 1 saturated heterocycles. The topological polar surface area (TPSA) is 73.9 Å². The van der Waals surface area contributed by atoms with Crippen LogP contribution in [0.2, 0.25) is 0 Å². The molecule has 1 amide bonds. The summed E-state index contributed by atoms with van der Waals surface area (Å²) in [6.45, 7) is 3.41. The Morgan fingerprint density at radius 3 is 2.71 bits per heavy atom. The van der Waals surface area contributed by atoms with Gasteiger partial charge in [-0.2, -0.15) is 5.10 Å². The van der Waals surface area contributed by atoms with Gasteiger partial charge in [0.05, 0.1) is 12.0 Å². The van der Waals surface area contributed by atoms with E-state index in [0.717, 1.165) is 24.5 Å². The van der Waals surface area contributed by atoms with Gasteiger partial charge in [-0.1, -0.05) is 36.8 Å². The third kappa shape index (κ3) is 2.94. The number of likely N-dealkylation sites (tertiary alicyclic amines) is 1. The average Bonchev–Trinajstić information content (AvgIpc) is 3.13. The highest BCUT2D eigenvalue weighted by Gasteiger charge is 2.40. The summed E-state index contributed by atoms with van der Waals surface area (Å²) in [4.78, 5) is 18.8. The number of nitrogens with zero attached hydrogens (tertiary/aromatic N) is 3. The van der Waals surface area contributed by atoms with Gasteiger partial charge in [0, 0.05) is 31.6 Å². The number of H-pyrrole nitrogens is 1. The van der Waals surface area contributed by atoms with Crippen molar-refractivity contribution in [3.63, 3.8) is 0 Å². The molecular weight excluding hydrogens is 302 g/mol. The number of aromatic nitrogens is 3. The molecule has 2 heterocycles. The number of amides is 1. The van der Waals surface area contributed by atoms with Crippen molar-refractivity contribution in [1.82, 2.24) is 25.4 Å². The van der Waals surface area contributed by atoms with Crippen molar-refractivity contribution in [3.05, 3.63) is 36.2 Å². The number of hydrogen-bond donors (Lipinski definition) is 2. The van der Waals surface area contributed by atoms with Crippen LogP contribution >= 0.6 is 0 Å². The first-order chi connectivity index (χ1) is 11.7. The highest BCUT2D eigenvalue weighted by molar-refractivity contribution is 5.73. The SMILES string of the molecule is CC(=O)N[C@@H]1CN(C2CCC2)C[C@H]1c1nc(-c2ccccc2)n[nH]1. The third-order valence-corrected chi connectivity index (χ3v) is 5.21. The molecule has 0 radical (unpaired) electrons. The maximum Gasteiger partial charge on any atom is 0.217 e. The molecule has 0 bridgehead atoms. The van der Waals surface area contributed by atoms with Crippen LogP contribution in [0, 0.1) is 0 Å². The Kier molecular flexibility index (Phi) is 4.06. The zero-order chi connectivity index (χ0) is 16.5. The second kappa shape index (κ2) is 6.36. The monoisotopic (exact) mass is 325 g/mol. The molecule has 2 aliphatic rings. The lowest BCUT2D eigenvalue weighted by Gasteiger charge is -2.34. The van der Waals surface area contributed by atoms with Gasteiger partial charge in [0.2, 0.25) is 5.91 Å². The van der Waals surface area contributed by atoms with E-state index in [1.807, 2.05) is 30.3 Å². The molecule has 2 atom stereocenters. The minimum absolute atomic E-state index is 0.0169. The van der Waals surface area contributed by atoms with Gasteiger partial charge in [-0.05, 0) is 12.8 Å². The Morgan fingerprint density at radius 1 is 1.25 bits per heavy atom. The number of carbonyl (C=O) groups is 1. The highest BCUT2D eigenvalue weighted by atomic mass is 16.1. The first-order valence-corrected chi connectivity index (χ1v) is 8.69. The summed E-state index contributed by atoms with van der Waals surface area (Å²) in [5, 5.41) is 10.6. The standard InChI is InChI=1S/C18H23N5O/c1-12(24)19-16-11-23(14-8-5-9-14)10-15(16)18-20-17(21-22-18)13-6-3-2-4-7-13/h2-4,6-7,14-16H,5,8-11H2,1H3,(H,19,24)(H,20,21,22)/t15-,16-/m1/s1. The molecule has 2 fully saturated rings. The van der Waals surface area contributed by atoms with E-state index < -0.39 is 0 Å². The van der Waals surface area contributed by atoms with Crippen LogP contribution in [0.3, 0.4) is 0 Å². The molecule has 1 aromatic heterocycles. The smallest absolute Gasteiger partial charge is 0.217 e. The van der Waals surface area contributed by atoms with Gasteiger partial charge >= 0.3 is 0 Å². The molecule has 126 valence electrons. The second-order valence-electron chi connectivity index (χ2n) is 6.86. The number of hydrogen-bond acceptors (Lipinski definition) is 4. The highest BCUT2D eigenvalue weighted by Crippen LogP contribution is 2.33. The Labute approximate surface area is 141 Å². The van der Waals surface area contributed by atoms with Crippen LogP contribution in [0.15, 0.2) is 30.3 Å². The van der Waals surface area contributed by atoms with E-state index >= 15 is 0 Å². The molecule has 1 aromatic carbocycles. The van der Waals surface area contributed by atoms with Gasteiger partial charge in [-0.3, -0.25) is 14.8 Å². The van der Waals surface area contributed by atoms with Crippen molar-refractivity contribution in [1.29, 1.82) is 0 Å². The van der Waals surface area contributed by atoms with Crippen molar-refractivity contribution < 1.29 is 4.79 Å². The largest absolute Gasteiger partial charge is 0.352 e. The van der Waals surface area contributed by atoms with E-state index in [9.17, 15) is 4.79 Å². The lowest BCUT2D eigenvalue weighted by atomic mass is 9.92. The van der Waals surface area contributed by atoms with E-state index in [1.165, 1.54) is 19.3 Å². The number of carbonyl (C=O) groups excluding carboxylic acids is 1.